The zero-order chi connectivity index (χ0) is 22.1. The van der Waals surface area contributed by atoms with Gasteiger partial charge in [-0.3, -0.25) is 9.69 Å². The fourth-order valence-corrected chi connectivity index (χ4v) is 2.94. The largest absolute Gasteiger partial charge is 0.488 e. The number of rotatable bonds is 5. The third-order valence-electron chi connectivity index (χ3n) is 4.01. The molecule has 8 nitrogen and oxygen atoms in total. The Morgan fingerprint density at radius 3 is 2.63 bits per heavy atom. The van der Waals surface area contributed by atoms with Crippen molar-refractivity contribution in [2.75, 3.05) is 7.11 Å². The molecule has 0 atom stereocenters. The lowest BCUT2D eigenvalue weighted by molar-refractivity contribution is -0.123. The third-order valence-corrected chi connectivity index (χ3v) is 4.25. The molecule has 0 bridgehead atoms. The third kappa shape index (κ3) is 4.83. The van der Waals surface area contributed by atoms with Crippen LogP contribution in [0.2, 0.25) is 5.02 Å². The van der Waals surface area contributed by atoms with Gasteiger partial charge in [-0.15, -0.1) is 0 Å². The standard InChI is InChI=1S/C21H21ClN2O6/c1-21(2,3)30-16-7-5-13(22)9-12(16)10-15-18(25)24(20(27)23-15)11-14-6-8-17(29-14)19(26)28-4/h5-10H,11H2,1-4H3,(H,23,27). The topological polar surface area (TPSA) is 98.1 Å². The van der Waals surface area contributed by atoms with Crippen LogP contribution < -0.4 is 10.1 Å². The number of imide groups is 1. The second-order valence-electron chi connectivity index (χ2n) is 7.53. The molecule has 0 spiro atoms. The molecule has 0 radical (unpaired) electrons. The fraction of sp³-hybridized carbons (Fsp3) is 0.286. The summed E-state index contributed by atoms with van der Waals surface area (Å²) in [6, 6.07) is 7.34. The Kier molecular flexibility index (Phi) is 5.89. The Morgan fingerprint density at radius 1 is 1.23 bits per heavy atom. The van der Waals surface area contributed by atoms with Gasteiger partial charge in [0.2, 0.25) is 5.76 Å². The van der Waals surface area contributed by atoms with Gasteiger partial charge in [0.05, 0.1) is 13.7 Å². The van der Waals surface area contributed by atoms with E-state index in [4.69, 9.17) is 20.8 Å². The number of carbonyl (C=O) groups excluding carboxylic acids is 3. The first kappa shape index (κ1) is 21.4. The van der Waals surface area contributed by atoms with Gasteiger partial charge in [0, 0.05) is 10.6 Å². The molecule has 2 heterocycles. The summed E-state index contributed by atoms with van der Waals surface area (Å²) in [7, 11) is 1.23. The Bertz CT molecular complexity index is 1030. The van der Waals surface area contributed by atoms with Crippen molar-refractivity contribution in [3.63, 3.8) is 0 Å². The van der Waals surface area contributed by atoms with E-state index in [0.29, 0.717) is 16.3 Å². The van der Waals surface area contributed by atoms with Crippen molar-refractivity contribution in [3.8, 4) is 5.75 Å². The first-order chi connectivity index (χ1) is 14.1. The molecule has 158 valence electrons. The number of hydrogen-bond acceptors (Lipinski definition) is 6. The number of ether oxygens (including phenoxy) is 2. The molecule has 1 fully saturated rings. The molecule has 3 amide bonds. The predicted molar refractivity (Wildman–Crippen MR) is 109 cm³/mol. The Morgan fingerprint density at radius 2 is 1.97 bits per heavy atom. The van der Waals surface area contributed by atoms with Crippen molar-refractivity contribution < 1.29 is 28.3 Å². The summed E-state index contributed by atoms with van der Waals surface area (Å²) in [6.07, 6.45) is 1.51. The maximum Gasteiger partial charge on any atom is 0.373 e. The molecule has 0 saturated carbocycles. The van der Waals surface area contributed by atoms with Gasteiger partial charge in [-0.2, -0.15) is 0 Å². The number of carbonyl (C=O) groups is 3. The summed E-state index contributed by atoms with van der Waals surface area (Å²) in [5.74, 6) is -0.421. The highest BCUT2D eigenvalue weighted by Gasteiger charge is 2.34. The number of hydrogen-bond donors (Lipinski definition) is 1. The molecule has 1 N–H and O–H groups in total. The van der Waals surface area contributed by atoms with Gasteiger partial charge in [0.1, 0.15) is 22.8 Å². The van der Waals surface area contributed by atoms with E-state index >= 15 is 0 Å². The number of nitrogens with zero attached hydrogens (tertiary/aromatic N) is 1. The van der Waals surface area contributed by atoms with Crippen molar-refractivity contribution in [2.45, 2.75) is 32.9 Å². The second-order valence-corrected chi connectivity index (χ2v) is 7.97. The van der Waals surface area contributed by atoms with Crippen LogP contribution in [0.5, 0.6) is 5.75 Å². The minimum absolute atomic E-state index is 0.0155. The number of furan rings is 1. The van der Waals surface area contributed by atoms with Crippen LogP contribution >= 0.6 is 11.6 Å². The van der Waals surface area contributed by atoms with E-state index in [0.717, 1.165) is 4.90 Å². The van der Waals surface area contributed by atoms with E-state index in [-0.39, 0.29) is 23.8 Å². The average Bonchev–Trinajstić information content (AvgIpc) is 3.23. The van der Waals surface area contributed by atoms with Crippen LogP contribution in [0.4, 0.5) is 4.79 Å². The van der Waals surface area contributed by atoms with Gasteiger partial charge in [0.25, 0.3) is 5.91 Å². The van der Waals surface area contributed by atoms with E-state index < -0.39 is 23.5 Å². The quantitative estimate of drug-likeness (QED) is 0.436. The lowest BCUT2D eigenvalue weighted by atomic mass is 10.1. The van der Waals surface area contributed by atoms with E-state index in [1.165, 1.54) is 25.3 Å². The molecule has 1 aliphatic heterocycles. The van der Waals surface area contributed by atoms with Crippen molar-refractivity contribution in [3.05, 3.63) is 58.1 Å². The lowest BCUT2D eigenvalue weighted by Crippen LogP contribution is -2.30. The van der Waals surface area contributed by atoms with Crippen LogP contribution in [0, 0.1) is 0 Å². The summed E-state index contributed by atoms with van der Waals surface area (Å²) >= 11 is 6.10. The molecule has 3 rings (SSSR count). The molecule has 9 heteroatoms. The zero-order valence-corrected chi connectivity index (χ0v) is 17.7. The normalized spacial score (nSPS) is 15.5. The number of methoxy groups -OCH3 is 1. The molecule has 2 aromatic rings. The summed E-state index contributed by atoms with van der Waals surface area (Å²) in [5.41, 5.74) is 0.154. The Labute approximate surface area is 178 Å². The van der Waals surface area contributed by atoms with Crippen LogP contribution in [0.3, 0.4) is 0 Å². The van der Waals surface area contributed by atoms with Crippen LogP contribution in [-0.4, -0.2) is 35.5 Å². The molecule has 0 aliphatic carbocycles. The maximum absolute atomic E-state index is 12.8. The molecular weight excluding hydrogens is 412 g/mol. The molecule has 0 unspecified atom stereocenters. The molecule has 30 heavy (non-hydrogen) atoms. The SMILES string of the molecule is COC(=O)c1ccc(CN2C(=O)NC(=Cc3cc(Cl)ccc3OC(C)(C)C)C2=O)o1. The summed E-state index contributed by atoms with van der Waals surface area (Å²) in [6.45, 7) is 5.55. The van der Waals surface area contributed by atoms with Gasteiger partial charge in [-0.1, -0.05) is 11.6 Å². The van der Waals surface area contributed by atoms with E-state index in [1.807, 2.05) is 20.8 Å². The number of esters is 1. The number of benzene rings is 1. The highest BCUT2D eigenvalue weighted by atomic mass is 35.5. The first-order valence-electron chi connectivity index (χ1n) is 9.07. The van der Waals surface area contributed by atoms with E-state index in [9.17, 15) is 14.4 Å². The van der Waals surface area contributed by atoms with Crippen molar-refractivity contribution in [2.24, 2.45) is 0 Å². The van der Waals surface area contributed by atoms with Crippen LogP contribution in [0.1, 0.15) is 42.6 Å². The van der Waals surface area contributed by atoms with E-state index in [1.54, 1.807) is 18.2 Å². The molecular formula is C21H21ClN2O6. The Balaban J connectivity index is 1.84. The minimum Gasteiger partial charge on any atom is -0.488 e. The van der Waals surface area contributed by atoms with Gasteiger partial charge >= 0.3 is 12.0 Å². The van der Waals surface area contributed by atoms with Crippen LogP contribution in [-0.2, 0) is 16.1 Å². The lowest BCUT2D eigenvalue weighted by Gasteiger charge is -2.22. The van der Waals surface area contributed by atoms with Crippen molar-refractivity contribution in [1.82, 2.24) is 10.2 Å². The average molecular weight is 433 g/mol. The van der Waals surface area contributed by atoms with Crippen molar-refractivity contribution >= 4 is 35.6 Å². The van der Waals surface area contributed by atoms with Gasteiger partial charge in [-0.25, -0.2) is 9.59 Å². The zero-order valence-electron chi connectivity index (χ0n) is 16.9. The summed E-state index contributed by atoms with van der Waals surface area (Å²) in [5, 5.41) is 3.00. The van der Waals surface area contributed by atoms with Crippen LogP contribution in [0.25, 0.3) is 6.08 Å². The maximum atomic E-state index is 12.8. The highest BCUT2D eigenvalue weighted by molar-refractivity contribution is 6.30. The van der Waals surface area contributed by atoms with Crippen molar-refractivity contribution in [1.29, 1.82) is 0 Å². The highest BCUT2D eigenvalue weighted by Crippen LogP contribution is 2.29. The second kappa shape index (κ2) is 8.23. The Hall–Kier alpha value is -3.26. The van der Waals surface area contributed by atoms with Gasteiger partial charge < -0.3 is 19.2 Å². The number of amides is 3. The number of urea groups is 1. The van der Waals surface area contributed by atoms with E-state index in [2.05, 4.69) is 10.1 Å². The smallest absolute Gasteiger partial charge is 0.373 e. The monoisotopic (exact) mass is 432 g/mol. The number of nitrogens with one attached hydrogen (secondary N) is 1. The summed E-state index contributed by atoms with van der Waals surface area (Å²) in [4.78, 5) is 37.6. The minimum atomic E-state index is -0.647. The predicted octanol–water partition coefficient (Wildman–Crippen LogP) is 3.99. The first-order valence-corrected chi connectivity index (χ1v) is 9.45. The summed E-state index contributed by atoms with van der Waals surface area (Å²) < 4.78 is 15.8. The van der Waals surface area contributed by atoms with Gasteiger partial charge in [0.15, 0.2) is 0 Å². The molecule has 1 aromatic carbocycles. The molecule has 1 saturated heterocycles. The molecule has 1 aliphatic rings. The van der Waals surface area contributed by atoms with Gasteiger partial charge in [-0.05, 0) is 57.2 Å². The fourth-order valence-electron chi connectivity index (χ4n) is 2.75. The molecule has 1 aromatic heterocycles. The number of halogens is 1. The van der Waals surface area contributed by atoms with Crippen LogP contribution in [0.15, 0.2) is 40.4 Å².